The predicted molar refractivity (Wildman–Crippen MR) is 74.0 cm³/mol. The first-order valence-electron chi connectivity index (χ1n) is 6.32. The maximum absolute atomic E-state index is 5.88. The Balaban J connectivity index is 2.14. The number of nitrogens with zero attached hydrogens (tertiary/aromatic N) is 3. The molecule has 0 amide bonds. The first-order chi connectivity index (χ1) is 9.11. The molecule has 0 fully saturated rings. The van der Waals surface area contributed by atoms with Crippen LogP contribution in [-0.4, -0.2) is 21.8 Å². The lowest BCUT2D eigenvalue weighted by Crippen LogP contribution is -2.08. The van der Waals surface area contributed by atoms with Gasteiger partial charge in [-0.3, -0.25) is 4.68 Å². The van der Waals surface area contributed by atoms with Crippen LogP contribution >= 0.6 is 0 Å². The average molecular weight is 260 g/mol. The van der Waals surface area contributed by atoms with Gasteiger partial charge in [0.25, 0.3) is 0 Å². The second kappa shape index (κ2) is 5.84. The lowest BCUT2D eigenvalue weighted by molar-refractivity contribution is 0.286. The van der Waals surface area contributed by atoms with Crippen LogP contribution in [0.2, 0.25) is 0 Å². The molecule has 2 aromatic rings. The monoisotopic (exact) mass is 260 g/mol. The zero-order chi connectivity index (χ0) is 13.8. The van der Waals surface area contributed by atoms with Crippen LogP contribution in [0.5, 0.6) is 5.75 Å². The highest BCUT2D eigenvalue weighted by molar-refractivity contribution is 5.43. The van der Waals surface area contributed by atoms with E-state index in [1.54, 1.807) is 4.68 Å². The van der Waals surface area contributed by atoms with Gasteiger partial charge >= 0.3 is 0 Å². The van der Waals surface area contributed by atoms with Crippen molar-refractivity contribution < 1.29 is 4.74 Å². The third-order valence-corrected chi connectivity index (χ3v) is 3.05. The van der Waals surface area contributed by atoms with E-state index in [0.29, 0.717) is 6.61 Å². The molecule has 1 aromatic heterocycles. The van der Waals surface area contributed by atoms with Crippen molar-refractivity contribution in [1.29, 1.82) is 0 Å². The molecule has 1 heterocycles. The Labute approximate surface area is 113 Å². The third-order valence-electron chi connectivity index (χ3n) is 3.05. The number of hydrogen-bond donors (Lipinski definition) is 1. The molecule has 1 N–H and O–H groups in total. The largest absolute Gasteiger partial charge is 0.485 e. The number of rotatable bonds is 5. The third kappa shape index (κ3) is 3.12. The summed E-state index contributed by atoms with van der Waals surface area (Å²) >= 11 is 0. The van der Waals surface area contributed by atoms with E-state index in [2.05, 4.69) is 41.4 Å². The number of aromatic nitrogens is 3. The molecule has 0 unspecified atom stereocenters. The number of aryl methyl sites for hydroxylation is 3. The van der Waals surface area contributed by atoms with Gasteiger partial charge in [0, 0.05) is 13.6 Å². The van der Waals surface area contributed by atoms with E-state index in [1.165, 1.54) is 11.9 Å². The molecule has 2 rings (SSSR count). The van der Waals surface area contributed by atoms with Crippen LogP contribution < -0.4 is 10.1 Å². The highest BCUT2D eigenvalue weighted by atomic mass is 16.5. The average Bonchev–Trinajstić information content (AvgIpc) is 2.74. The van der Waals surface area contributed by atoms with E-state index < -0.39 is 0 Å². The summed E-state index contributed by atoms with van der Waals surface area (Å²) in [7, 11) is 3.81. The quantitative estimate of drug-likeness (QED) is 0.889. The molecule has 102 valence electrons. The van der Waals surface area contributed by atoms with Gasteiger partial charge < -0.3 is 10.1 Å². The molecule has 0 saturated carbocycles. The molecular weight excluding hydrogens is 240 g/mol. The van der Waals surface area contributed by atoms with E-state index in [1.807, 2.05) is 14.1 Å². The van der Waals surface area contributed by atoms with Crippen molar-refractivity contribution in [3.63, 3.8) is 0 Å². The van der Waals surface area contributed by atoms with Crippen LogP contribution in [0.1, 0.15) is 22.5 Å². The van der Waals surface area contributed by atoms with E-state index in [4.69, 9.17) is 4.74 Å². The van der Waals surface area contributed by atoms with Crippen molar-refractivity contribution >= 4 is 0 Å². The van der Waals surface area contributed by atoms with E-state index in [9.17, 15) is 0 Å². The smallest absolute Gasteiger partial charge is 0.164 e. The lowest BCUT2D eigenvalue weighted by Gasteiger charge is -2.13. The Morgan fingerprint density at radius 1 is 1.26 bits per heavy atom. The van der Waals surface area contributed by atoms with Crippen LogP contribution in [0, 0.1) is 13.8 Å². The molecule has 0 atom stereocenters. The lowest BCUT2D eigenvalue weighted by atomic mass is 10.1. The molecule has 0 radical (unpaired) electrons. The van der Waals surface area contributed by atoms with Gasteiger partial charge in [-0.25, -0.2) is 4.98 Å². The highest BCUT2D eigenvalue weighted by Crippen LogP contribution is 2.25. The molecule has 0 spiro atoms. The van der Waals surface area contributed by atoms with Gasteiger partial charge in [-0.1, -0.05) is 12.1 Å². The van der Waals surface area contributed by atoms with Crippen LogP contribution in [0.4, 0.5) is 0 Å². The molecule has 0 saturated heterocycles. The zero-order valence-corrected chi connectivity index (χ0v) is 11.9. The maximum Gasteiger partial charge on any atom is 0.164 e. The number of ether oxygens (including phenoxy) is 1. The van der Waals surface area contributed by atoms with Crippen LogP contribution in [0.3, 0.4) is 0 Å². The molecular formula is C14H20N4O. The van der Waals surface area contributed by atoms with Gasteiger partial charge in [0.2, 0.25) is 0 Å². The second-order valence-corrected chi connectivity index (χ2v) is 4.68. The zero-order valence-electron chi connectivity index (χ0n) is 11.9. The fourth-order valence-corrected chi connectivity index (χ4v) is 2.16. The number of hydrogen-bond acceptors (Lipinski definition) is 4. The van der Waals surface area contributed by atoms with Crippen molar-refractivity contribution in [3.05, 3.63) is 41.0 Å². The number of benzene rings is 1. The molecule has 0 aliphatic heterocycles. The summed E-state index contributed by atoms with van der Waals surface area (Å²) in [6.45, 7) is 5.44. The fraction of sp³-hybridized carbons (Fsp3) is 0.429. The maximum atomic E-state index is 5.88. The minimum atomic E-state index is 0.434. The normalized spacial score (nSPS) is 10.7. The topological polar surface area (TPSA) is 52.0 Å². The van der Waals surface area contributed by atoms with Crippen molar-refractivity contribution in [2.75, 3.05) is 7.05 Å². The molecule has 0 aliphatic carbocycles. The van der Waals surface area contributed by atoms with Crippen molar-refractivity contribution in [1.82, 2.24) is 20.1 Å². The van der Waals surface area contributed by atoms with E-state index in [0.717, 1.165) is 29.2 Å². The van der Waals surface area contributed by atoms with Gasteiger partial charge in [0.15, 0.2) is 5.82 Å². The SMILES string of the molecule is CNCc1cc(C)c(OCc2ncnn2C)c(C)c1. The van der Waals surface area contributed by atoms with Gasteiger partial charge in [-0.05, 0) is 37.6 Å². The van der Waals surface area contributed by atoms with Crippen LogP contribution in [0.25, 0.3) is 0 Å². The second-order valence-electron chi connectivity index (χ2n) is 4.68. The van der Waals surface area contributed by atoms with Crippen LogP contribution in [0.15, 0.2) is 18.5 Å². The minimum absolute atomic E-state index is 0.434. The summed E-state index contributed by atoms with van der Waals surface area (Å²) in [5.74, 6) is 1.75. The van der Waals surface area contributed by atoms with E-state index in [-0.39, 0.29) is 0 Å². The predicted octanol–water partition coefficient (Wildman–Crippen LogP) is 1.73. The van der Waals surface area contributed by atoms with Crippen LogP contribution in [-0.2, 0) is 20.2 Å². The standard InChI is InChI=1S/C14H20N4O/c1-10-5-12(7-15-3)6-11(2)14(10)19-8-13-16-9-17-18(13)4/h5-6,9,15H,7-8H2,1-4H3. The summed E-state index contributed by atoms with van der Waals surface area (Å²) in [6, 6.07) is 4.30. The van der Waals surface area contributed by atoms with Gasteiger partial charge in [0.05, 0.1) is 0 Å². The molecule has 5 heteroatoms. The first kappa shape index (κ1) is 13.5. The van der Waals surface area contributed by atoms with Crippen molar-refractivity contribution in [3.8, 4) is 5.75 Å². The highest BCUT2D eigenvalue weighted by Gasteiger charge is 2.08. The van der Waals surface area contributed by atoms with Gasteiger partial charge in [-0.15, -0.1) is 0 Å². The van der Waals surface area contributed by atoms with Crippen molar-refractivity contribution in [2.24, 2.45) is 7.05 Å². The minimum Gasteiger partial charge on any atom is -0.485 e. The Kier molecular flexibility index (Phi) is 4.16. The molecule has 0 aliphatic rings. The summed E-state index contributed by atoms with van der Waals surface area (Å²) in [6.07, 6.45) is 1.54. The molecule has 19 heavy (non-hydrogen) atoms. The first-order valence-corrected chi connectivity index (χ1v) is 6.32. The number of nitrogens with one attached hydrogen (secondary N) is 1. The summed E-state index contributed by atoms with van der Waals surface area (Å²) in [4.78, 5) is 4.15. The van der Waals surface area contributed by atoms with Crippen molar-refractivity contribution in [2.45, 2.75) is 27.0 Å². The van der Waals surface area contributed by atoms with Gasteiger partial charge in [0.1, 0.15) is 18.7 Å². The summed E-state index contributed by atoms with van der Waals surface area (Å²) < 4.78 is 7.60. The van der Waals surface area contributed by atoms with Gasteiger partial charge in [-0.2, -0.15) is 5.10 Å². The Bertz CT molecular complexity index is 539. The Morgan fingerprint density at radius 2 is 1.95 bits per heavy atom. The fourth-order valence-electron chi connectivity index (χ4n) is 2.16. The molecule has 0 bridgehead atoms. The summed E-state index contributed by atoms with van der Waals surface area (Å²) in [5, 5.41) is 7.19. The Morgan fingerprint density at radius 3 is 2.47 bits per heavy atom. The van der Waals surface area contributed by atoms with E-state index >= 15 is 0 Å². The molecule has 5 nitrogen and oxygen atoms in total. The summed E-state index contributed by atoms with van der Waals surface area (Å²) in [5.41, 5.74) is 3.56. The Hall–Kier alpha value is -1.88. The molecule has 1 aromatic carbocycles.